The number of fused-ring (bicyclic) bond motifs is 4. The van der Waals surface area contributed by atoms with E-state index in [9.17, 15) is 13.6 Å². The number of alkyl halides is 2. The maximum Gasteiger partial charge on any atom is 0.260 e. The van der Waals surface area contributed by atoms with E-state index >= 15 is 0 Å². The topological polar surface area (TPSA) is 54.5 Å². The Morgan fingerprint density at radius 1 is 1.20 bits per heavy atom. The normalized spacial score (nSPS) is 26.5. The van der Waals surface area contributed by atoms with Crippen LogP contribution in [-0.4, -0.2) is 51.5 Å². The molecule has 5 rings (SSSR count). The Morgan fingerprint density at radius 2 is 2.07 bits per heavy atom. The van der Waals surface area contributed by atoms with Crippen molar-refractivity contribution in [2.75, 3.05) is 26.2 Å². The van der Waals surface area contributed by atoms with Crippen molar-refractivity contribution in [2.24, 2.45) is 5.92 Å². The molecular formula is C22H28F2N4O2. The highest BCUT2D eigenvalue weighted by Gasteiger charge is 2.37. The summed E-state index contributed by atoms with van der Waals surface area (Å²) in [6.07, 6.45) is 3.23. The van der Waals surface area contributed by atoms with Gasteiger partial charge in [0, 0.05) is 63.2 Å². The minimum absolute atomic E-state index is 0.00309. The molecule has 3 aliphatic rings. The first kappa shape index (κ1) is 19.9. The highest BCUT2D eigenvalue weighted by Crippen LogP contribution is 2.36. The van der Waals surface area contributed by atoms with Crippen LogP contribution in [0.15, 0.2) is 27.6 Å². The van der Waals surface area contributed by atoms with Crippen molar-refractivity contribution in [3.8, 4) is 0 Å². The average molecular weight is 418 g/mol. The molecule has 0 aliphatic carbocycles. The molecule has 2 atom stereocenters. The molecule has 0 radical (unpaired) electrons. The zero-order valence-electron chi connectivity index (χ0n) is 17.3. The summed E-state index contributed by atoms with van der Waals surface area (Å²) in [5.41, 5.74) is 2.64. The van der Waals surface area contributed by atoms with Crippen LogP contribution in [0.5, 0.6) is 0 Å². The first-order chi connectivity index (χ1) is 14.4. The first-order valence-corrected chi connectivity index (χ1v) is 10.8. The molecule has 6 nitrogen and oxygen atoms in total. The van der Waals surface area contributed by atoms with Crippen LogP contribution < -0.4 is 5.56 Å². The van der Waals surface area contributed by atoms with Crippen LogP contribution in [0.4, 0.5) is 8.78 Å². The highest BCUT2D eigenvalue weighted by atomic mass is 19.3. The lowest BCUT2D eigenvalue weighted by atomic mass is 9.83. The van der Waals surface area contributed by atoms with Gasteiger partial charge in [-0.1, -0.05) is 6.07 Å². The van der Waals surface area contributed by atoms with Crippen molar-refractivity contribution in [2.45, 2.75) is 57.7 Å². The van der Waals surface area contributed by atoms with E-state index in [1.165, 1.54) is 0 Å². The molecule has 2 bridgehead atoms. The van der Waals surface area contributed by atoms with E-state index in [1.807, 2.05) is 23.6 Å². The molecule has 0 saturated carbocycles. The molecule has 162 valence electrons. The van der Waals surface area contributed by atoms with Crippen LogP contribution in [0.1, 0.15) is 48.0 Å². The number of nitrogens with zero attached hydrogens (tertiary/aromatic N) is 4. The third kappa shape index (κ3) is 3.95. The summed E-state index contributed by atoms with van der Waals surface area (Å²) in [4.78, 5) is 21.7. The molecule has 5 heterocycles. The number of pyridine rings is 1. The fourth-order valence-corrected chi connectivity index (χ4v) is 5.47. The van der Waals surface area contributed by atoms with Crippen molar-refractivity contribution in [1.82, 2.24) is 19.4 Å². The van der Waals surface area contributed by atoms with E-state index in [-0.39, 0.29) is 18.5 Å². The summed E-state index contributed by atoms with van der Waals surface area (Å²) in [6, 6.07) is 3.91. The van der Waals surface area contributed by atoms with Gasteiger partial charge in [0.15, 0.2) is 5.89 Å². The molecule has 0 spiro atoms. The average Bonchev–Trinajstić information content (AvgIpc) is 3.08. The van der Waals surface area contributed by atoms with Gasteiger partial charge in [0.1, 0.15) is 6.26 Å². The smallest absolute Gasteiger partial charge is 0.260 e. The van der Waals surface area contributed by atoms with E-state index < -0.39 is 5.92 Å². The summed E-state index contributed by atoms with van der Waals surface area (Å²) in [6.45, 7) is 5.80. The van der Waals surface area contributed by atoms with Crippen LogP contribution in [0.2, 0.25) is 0 Å². The SMILES string of the molecule is Cc1nc(CN2C[C@@H]3C[C@H](C2)c2ccc(CN4CCCC(F)(F)C4)c(=O)n2C3)co1. The lowest BCUT2D eigenvalue weighted by Crippen LogP contribution is -2.48. The van der Waals surface area contributed by atoms with Crippen molar-refractivity contribution in [3.05, 3.63) is 51.6 Å². The summed E-state index contributed by atoms with van der Waals surface area (Å²) >= 11 is 0. The van der Waals surface area contributed by atoms with Gasteiger partial charge in [-0.05, 0) is 31.4 Å². The number of aromatic nitrogens is 2. The Kier molecular flexibility index (Phi) is 5.01. The summed E-state index contributed by atoms with van der Waals surface area (Å²) in [5.74, 6) is -1.24. The number of hydrogen-bond donors (Lipinski definition) is 0. The van der Waals surface area contributed by atoms with E-state index in [0.29, 0.717) is 49.3 Å². The van der Waals surface area contributed by atoms with Gasteiger partial charge in [0.05, 0.1) is 12.2 Å². The largest absolute Gasteiger partial charge is 0.449 e. The fourth-order valence-electron chi connectivity index (χ4n) is 5.47. The number of likely N-dealkylation sites (tertiary alicyclic amines) is 2. The van der Waals surface area contributed by atoms with Gasteiger partial charge in [0.25, 0.3) is 11.5 Å². The van der Waals surface area contributed by atoms with Crippen molar-refractivity contribution in [3.63, 3.8) is 0 Å². The fraction of sp³-hybridized carbons (Fsp3) is 0.636. The van der Waals surface area contributed by atoms with Gasteiger partial charge in [-0.15, -0.1) is 0 Å². The van der Waals surface area contributed by atoms with E-state index in [2.05, 4.69) is 9.88 Å². The van der Waals surface area contributed by atoms with Gasteiger partial charge in [-0.3, -0.25) is 14.6 Å². The molecule has 0 amide bonds. The second-order valence-electron chi connectivity index (χ2n) is 9.22. The summed E-state index contributed by atoms with van der Waals surface area (Å²) in [5, 5.41) is 0. The van der Waals surface area contributed by atoms with Crippen molar-refractivity contribution >= 4 is 0 Å². The second-order valence-corrected chi connectivity index (χ2v) is 9.22. The maximum atomic E-state index is 13.7. The molecule has 30 heavy (non-hydrogen) atoms. The standard InChI is InChI=1S/C22H28F2N4O2/c1-15-25-19(13-30-15)12-27-8-16-7-18(11-27)20-4-3-17(21(29)28(20)9-16)10-26-6-2-5-22(23,24)14-26/h3-4,13,16,18H,2,5-12,14H2,1H3/t16-,18+/m0/s1. The Morgan fingerprint density at radius 3 is 2.83 bits per heavy atom. The Hall–Kier alpha value is -2.06. The van der Waals surface area contributed by atoms with Crippen molar-refractivity contribution in [1.29, 1.82) is 0 Å². The van der Waals surface area contributed by atoms with Crippen LogP contribution >= 0.6 is 0 Å². The minimum atomic E-state index is -2.65. The third-order valence-electron chi connectivity index (χ3n) is 6.68. The predicted octanol–water partition coefficient (Wildman–Crippen LogP) is 3.00. The summed E-state index contributed by atoms with van der Waals surface area (Å²) < 4.78 is 34.7. The van der Waals surface area contributed by atoms with E-state index in [4.69, 9.17) is 4.42 Å². The van der Waals surface area contributed by atoms with E-state index in [1.54, 1.807) is 11.2 Å². The first-order valence-electron chi connectivity index (χ1n) is 10.8. The second kappa shape index (κ2) is 7.57. The molecule has 0 unspecified atom stereocenters. The zero-order chi connectivity index (χ0) is 20.9. The van der Waals surface area contributed by atoms with Crippen LogP contribution in [-0.2, 0) is 19.6 Å². The number of piperidine rings is 2. The van der Waals surface area contributed by atoms with Gasteiger partial charge in [0.2, 0.25) is 0 Å². The lowest BCUT2D eigenvalue weighted by molar-refractivity contribution is -0.0662. The van der Waals surface area contributed by atoms with Gasteiger partial charge in [-0.2, -0.15) is 0 Å². The molecule has 2 aromatic rings. The number of hydrogen-bond acceptors (Lipinski definition) is 5. The number of oxazole rings is 1. The summed E-state index contributed by atoms with van der Waals surface area (Å²) in [7, 11) is 0. The van der Waals surface area contributed by atoms with Crippen LogP contribution in [0.3, 0.4) is 0 Å². The Bertz CT molecular complexity index is 986. The lowest BCUT2D eigenvalue weighted by Gasteiger charge is -2.42. The molecule has 0 N–H and O–H groups in total. The van der Waals surface area contributed by atoms with Gasteiger partial charge < -0.3 is 8.98 Å². The van der Waals surface area contributed by atoms with E-state index in [0.717, 1.165) is 37.4 Å². The third-order valence-corrected chi connectivity index (χ3v) is 6.68. The van der Waals surface area contributed by atoms with Crippen LogP contribution in [0.25, 0.3) is 0 Å². The van der Waals surface area contributed by atoms with Crippen molar-refractivity contribution < 1.29 is 13.2 Å². The number of halogens is 2. The predicted molar refractivity (Wildman–Crippen MR) is 108 cm³/mol. The zero-order valence-corrected chi connectivity index (χ0v) is 17.3. The number of aryl methyl sites for hydroxylation is 1. The van der Waals surface area contributed by atoms with Gasteiger partial charge in [-0.25, -0.2) is 13.8 Å². The molecule has 2 fully saturated rings. The number of rotatable bonds is 4. The quantitative estimate of drug-likeness (QED) is 0.764. The minimum Gasteiger partial charge on any atom is -0.449 e. The highest BCUT2D eigenvalue weighted by molar-refractivity contribution is 5.22. The maximum absolute atomic E-state index is 13.7. The van der Waals surface area contributed by atoms with Gasteiger partial charge >= 0.3 is 0 Å². The Balaban J connectivity index is 1.33. The molecular weight excluding hydrogens is 390 g/mol. The molecule has 2 aromatic heterocycles. The molecule has 2 saturated heterocycles. The Labute approximate surface area is 174 Å². The monoisotopic (exact) mass is 418 g/mol. The molecule has 8 heteroatoms. The molecule has 3 aliphatic heterocycles. The van der Waals surface area contributed by atoms with Crippen LogP contribution in [0, 0.1) is 12.8 Å². The molecule has 0 aromatic carbocycles.